The van der Waals surface area contributed by atoms with E-state index in [1.807, 2.05) is 14.0 Å². The maximum Gasteiger partial charge on any atom is 0.234 e. The molecule has 0 aromatic carbocycles. The van der Waals surface area contributed by atoms with Crippen molar-refractivity contribution in [3.8, 4) is 0 Å². The molecule has 1 aliphatic rings. The van der Waals surface area contributed by atoms with Crippen molar-refractivity contribution in [2.45, 2.75) is 26.3 Å². The number of likely N-dealkylation sites (tertiary alicyclic amines) is 1. The summed E-state index contributed by atoms with van der Waals surface area (Å²) in [6, 6.07) is 0.607. The van der Waals surface area contributed by atoms with Gasteiger partial charge in [0.15, 0.2) is 0 Å². The van der Waals surface area contributed by atoms with E-state index in [0.717, 1.165) is 26.1 Å². The lowest BCUT2D eigenvalue weighted by Gasteiger charge is -2.36. The van der Waals surface area contributed by atoms with Gasteiger partial charge in [-0.05, 0) is 26.3 Å². The Labute approximate surface area is 92.4 Å². The van der Waals surface area contributed by atoms with Gasteiger partial charge < -0.3 is 10.6 Å². The highest BCUT2D eigenvalue weighted by Gasteiger charge is 2.25. The summed E-state index contributed by atoms with van der Waals surface area (Å²) in [4.78, 5) is 13.6. The quantitative estimate of drug-likeness (QED) is 0.694. The van der Waals surface area contributed by atoms with Gasteiger partial charge in [0, 0.05) is 25.7 Å². The molecule has 0 bridgehead atoms. The zero-order valence-electron chi connectivity index (χ0n) is 10.0. The second kappa shape index (κ2) is 6.08. The fourth-order valence-electron chi connectivity index (χ4n) is 2.26. The normalized spacial score (nSPS) is 27.7. The summed E-state index contributed by atoms with van der Waals surface area (Å²) in [7, 11) is 2.01. The molecule has 2 unspecified atom stereocenters. The second-order valence-electron chi connectivity index (χ2n) is 4.35. The standard InChI is InChI=1S/C11H23N3O/c1-4-13-11(15)8-14-6-5-10(12-3)9(2)7-14/h9-10,12H,4-8H2,1-3H3,(H,13,15). The van der Waals surface area contributed by atoms with E-state index in [4.69, 9.17) is 0 Å². The molecule has 0 aromatic heterocycles. The Bertz CT molecular complexity index is 208. The van der Waals surface area contributed by atoms with Crippen molar-refractivity contribution in [2.75, 3.05) is 33.2 Å². The zero-order chi connectivity index (χ0) is 11.3. The van der Waals surface area contributed by atoms with Crippen LogP contribution >= 0.6 is 0 Å². The third-order valence-corrected chi connectivity index (χ3v) is 3.10. The van der Waals surface area contributed by atoms with Gasteiger partial charge in [-0.1, -0.05) is 6.92 Å². The van der Waals surface area contributed by atoms with Crippen LogP contribution in [0.2, 0.25) is 0 Å². The predicted molar refractivity (Wildman–Crippen MR) is 61.8 cm³/mol. The van der Waals surface area contributed by atoms with Gasteiger partial charge in [0.2, 0.25) is 5.91 Å². The number of amides is 1. The molecule has 4 heteroatoms. The van der Waals surface area contributed by atoms with Crippen LogP contribution in [0.3, 0.4) is 0 Å². The minimum atomic E-state index is 0.146. The first-order valence-corrected chi connectivity index (χ1v) is 5.83. The number of likely N-dealkylation sites (N-methyl/N-ethyl adjacent to an activating group) is 1. The number of hydrogen-bond acceptors (Lipinski definition) is 3. The number of carbonyl (C=O) groups excluding carboxylic acids is 1. The molecule has 0 aromatic rings. The van der Waals surface area contributed by atoms with E-state index in [2.05, 4.69) is 22.5 Å². The molecular formula is C11H23N3O. The number of nitrogens with one attached hydrogen (secondary N) is 2. The molecule has 88 valence electrons. The maximum absolute atomic E-state index is 11.4. The second-order valence-corrected chi connectivity index (χ2v) is 4.35. The lowest BCUT2D eigenvalue weighted by molar-refractivity contribution is -0.122. The molecule has 2 atom stereocenters. The molecule has 1 rings (SSSR count). The summed E-state index contributed by atoms with van der Waals surface area (Å²) in [6.07, 6.45) is 1.14. The van der Waals surface area contributed by atoms with Crippen molar-refractivity contribution in [1.82, 2.24) is 15.5 Å². The molecule has 0 aliphatic carbocycles. The summed E-state index contributed by atoms with van der Waals surface area (Å²) in [5.74, 6) is 0.769. The topological polar surface area (TPSA) is 44.4 Å². The first-order valence-electron chi connectivity index (χ1n) is 5.83. The lowest BCUT2D eigenvalue weighted by atomic mass is 9.94. The van der Waals surface area contributed by atoms with Crippen LogP contribution in [0, 0.1) is 5.92 Å². The molecule has 0 saturated carbocycles. The average Bonchev–Trinajstić information content (AvgIpc) is 2.18. The Hall–Kier alpha value is -0.610. The van der Waals surface area contributed by atoms with E-state index < -0.39 is 0 Å². The number of nitrogens with zero attached hydrogens (tertiary/aromatic N) is 1. The molecular weight excluding hydrogens is 190 g/mol. The highest BCUT2D eigenvalue weighted by atomic mass is 16.2. The van der Waals surface area contributed by atoms with Gasteiger partial charge in [0.1, 0.15) is 0 Å². The van der Waals surface area contributed by atoms with Crippen molar-refractivity contribution >= 4 is 5.91 Å². The van der Waals surface area contributed by atoms with Crippen LogP contribution in [0.5, 0.6) is 0 Å². The smallest absolute Gasteiger partial charge is 0.234 e. The number of carbonyl (C=O) groups is 1. The van der Waals surface area contributed by atoms with E-state index in [1.54, 1.807) is 0 Å². The van der Waals surface area contributed by atoms with Crippen LogP contribution in [-0.2, 0) is 4.79 Å². The van der Waals surface area contributed by atoms with Crippen molar-refractivity contribution in [3.63, 3.8) is 0 Å². The van der Waals surface area contributed by atoms with Crippen molar-refractivity contribution in [3.05, 3.63) is 0 Å². The fourth-order valence-corrected chi connectivity index (χ4v) is 2.26. The lowest BCUT2D eigenvalue weighted by Crippen LogP contribution is -2.49. The van der Waals surface area contributed by atoms with E-state index >= 15 is 0 Å². The molecule has 1 fully saturated rings. The highest BCUT2D eigenvalue weighted by Crippen LogP contribution is 2.15. The molecule has 1 saturated heterocycles. The summed E-state index contributed by atoms with van der Waals surface area (Å²) in [5.41, 5.74) is 0. The van der Waals surface area contributed by atoms with Crippen LogP contribution < -0.4 is 10.6 Å². The fraction of sp³-hybridized carbons (Fsp3) is 0.909. The van der Waals surface area contributed by atoms with Gasteiger partial charge in [-0.3, -0.25) is 9.69 Å². The van der Waals surface area contributed by atoms with E-state index in [0.29, 0.717) is 18.5 Å². The molecule has 1 amide bonds. The monoisotopic (exact) mass is 213 g/mol. The minimum absolute atomic E-state index is 0.146. The SMILES string of the molecule is CCNC(=O)CN1CCC(NC)C(C)C1. The summed E-state index contributed by atoms with van der Waals surface area (Å²) in [6.45, 7) is 7.50. The van der Waals surface area contributed by atoms with Gasteiger partial charge in [-0.15, -0.1) is 0 Å². The molecule has 1 aliphatic heterocycles. The van der Waals surface area contributed by atoms with Crippen LogP contribution in [0.1, 0.15) is 20.3 Å². The molecule has 15 heavy (non-hydrogen) atoms. The van der Waals surface area contributed by atoms with Crippen LogP contribution in [0.25, 0.3) is 0 Å². The Kier molecular flexibility index (Phi) is 5.05. The molecule has 1 heterocycles. The van der Waals surface area contributed by atoms with Crippen LogP contribution in [0.15, 0.2) is 0 Å². The number of rotatable bonds is 4. The Balaban J connectivity index is 2.31. The third kappa shape index (κ3) is 3.80. The van der Waals surface area contributed by atoms with E-state index in [9.17, 15) is 4.79 Å². The van der Waals surface area contributed by atoms with Gasteiger partial charge in [-0.25, -0.2) is 0 Å². The maximum atomic E-state index is 11.4. The largest absolute Gasteiger partial charge is 0.355 e. The Morgan fingerprint density at radius 3 is 2.80 bits per heavy atom. The number of piperidine rings is 1. The first-order chi connectivity index (χ1) is 7.17. The molecule has 0 radical (unpaired) electrons. The third-order valence-electron chi connectivity index (χ3n) is 3.10. The molecule has 2 N–H and O–H groups in total. The predicted octanol–water partition coefficient (Wildman–Crippen LogP) is 0.0523. The number of hydrogen-bond donors (Lipinski definition) is 2. The van der Waals surface area contributed by atoms with Crippen molar-refractivity contribution in [1.29, 1.82) is 0 Å². The summed E-state index contributed by atoms with van der Waals surface area (Å²) < 4.78 is 0. The van der Waals surface area contributed by atoms with Gasteiger partial charge in [-0.2, -0.15) is 0 Å². The minimum Gasteiger partial charge on any atom is -0.355 e. The Morgan fingerprint density at radius 1 is 1.53 bits per heavy atom. The van der Waals surface area contributed by atoms with Crippen LogP contribution in [-0.4, -0.2) is 50.1 Å². The summed E-state index contributed by atoms with van der Waals surface area (Å²) in [5, 5.41) is 6.16. The van der Waals surface area contributed by atoms with Crippen molar-refractivity contribution in [2.24, 2.45) is 5.92 Å². The zero-order valence-corrected chi connectivity index (χ0v) is 10.0. The van der Waals surface area contributed by atoms with E-state index in [-0.39, 0.29) is 5.91 Å². The van der Waals surface area contributed by atoms with Crippen molar-refractivity contribution < 1.29 is 4.79 Å². The first kappa shape index (κ1) is 12.5. The highest BCUT2D eigenvalue weighted by molar-refractivity contribution is 5.77. The van der Waals surface area contributed by atoms with E-state index in [1.165, 1.54) is 0 Å². The Morgan fingerprint density at radius 2 is 2.27 bits per heavy atom. The summed E-state index contributed by atoms with van der Waals surface area (Å²) >= 11 is 0. The molecule has 4 nitrogen and oxygen atoms in total. The molecule has 0 spiro atoms. The van der Waals surface area contributed by atoms with Gasteiger partial charge in [0.05, 0.1) is 6.54 Å². The van der Waals surface area contributed by atoms with Gasteiger partial charge >= 0.3 is 0 Å². The van der Waals surface area contributed by atoms with Crippen LogP contribution in [0.4, 0.5) is 0 Å². The van der Waals surface area contributed by atoms with Gasteiger partial charge in [0.25, 0.3) is 0 Å². The average molecular weight is 213 g/mol.